The van der Waals surface area contributed by atoms with E-state index in [2.05, 4.69) is 10.3 Å². The molecule has 2 aromatic carbocycles. The lowest BCUT2D eigenvalue weighted by atomic mass is 10.1. The summed E-state index contributed by atoms with van der Waals surface area (Å²) in [5.74, 6) is 0.991. The van der Waals surface area contributed by atoms with Crippen LogP contribution in [0.15, 0.2) is 60.8 Å². The summed E-state index contributed by atoms with van der Waals surface area (Å²) in [5.41, 5.74) is 9.83. The van der Waals surface area contributed by atoms with Crippen LogP contribution in [0.4, 0.5) is 5.69 Å². The number of rotatable bonds is 5. The summed E-state index contributed by atoms with van der Waals surface area (Å²) in [4.78, 5) is 16.6. The van der Waals surface area contributed by atoms with Crippen LogP contribution in [0.1, 0.15) is 27.0 Å². The molecule has 5 nitrogen and oxygen atoms in total. The molecule has 0 spiro atoms. The largest absolute Gasteiger partial charge is 0.439 e. The topological polar surface area (TPSA) is 77.2 Å². The van der Waals surface area contributed by atoms with Crippen molar-refractivity contribution in [2.45, 2.75) is 20.4 Å². The molecule has 132 valence electrons. The minimum Gasteiger partial charge on any atom is -0.439 e. The van der Waals surface area contributed by atoms with Gasteiger partial charge in [0.2, 0.25) is 5.88 Å². The average molecular weight is 347 g/mol. The van der Waals surface area contributed by atoms with Crippen LogP contribution in [0.3, 0.4) is 0 Å². The van der Waals surface area contributed by atoms with E-state index in [1.165, 1.54) is 0 Å². The number of carbonyl (C=O) groups excluding carboxylic acids is 1. The first kappa shape index (κ1) is 17.6. The predicted molar refractivity (Wildman–Crippen MR) is 103 cm³/mol. The molecule has 3 aromatic rings. The van der Waals surface area contributed by atoms with Gasteiger partial charge in [-0.1, -0.05) is 18.2 Å². The number of nitrogens with zero attached hydrogens (tertiary/aromatic N) is 1. The van der Waals surface area contributed by atoms with Gasteiger partial charge in [-0.3, -0.25) is 4.79 Å². The molecule has 0 fully saturated rings. The SMILES string of the molecule is Cc1ccnc(Oc2cc(NC(=O)c3ccc(CN)cc3)ccc2C)c1. The second-order valence-corrected chi connectivity index (χ2v) is 6.11. The van der Waals surface area contributed by atoms with Gasteiger partial charge in [0, 0.05) is 36.1 Å². The van der Waals surface area contributed by atoms with E-state index in [1.54, 1.807) is 24.4 Å². The molecule has 1 heterocycles. The molecule has 0 saturated carbocycles. The first-order valence-corrected chi connectivity index (χ1v) is 8.36. The van der Waals surface area contributed by atoms with Crippen LogP contribution < -0.4 is 15.8 Å². The number of nitrogens with two attached hydrogens (primary N) is 1. The quantitative estimate of drug-likeness (QED) is 0.725. The monoisotopic (exact) mass is 347 g/mol. The molecule has 5 heteroatoms. The molecule has 0 saturated heterocycles. The third kappa shape index (κ3) is 4.26. The molecule has 0 aliphatic carbocycles. The van der Waals surface area contributed by atoms with Crippen LogP contribution in [0, 0.1) is 13.8 Å². The number of anilines is 1. The third-order valence-electron chi connectivity index (χ3n) is 4.00. The molecule has 0 atom stereocenters. The molecule has 0 aliphatic rings. The number of benzene rings is 2. The van der Waals surface area contributed by atoms with E-state index in [0.29, 0.717) is 29.4 Å². The van der Waals surface area contributed by atoms with Crippen molar-refractivity contribution in [3.05, 3.63) is 83.0 Å². The van der Waals surface area contributed by atoms with Gasteiger partial charge in [-0.15, -0.1) is 0 Å². The first-order valence-electron chi connectivity index (χ1n) is 8.36. The van der Waals surface area contributed by atoms with Crippen molar-refractivity contribution in [3.63, 3.8) is 0 Å². The van der Waals surface area contributed by atoms with Crippen LogP contribution >= 0.6 is 0 Å². The van der Waals surface area contributed by atoms with Crippen LogP contribution in [0.2, 0.25) is 0 Å². The molecule has 1 aromatic heterocycles. The highest BCUT2D eigenvalue weighted by atomic mass is 16.5. The second-order valence-electron chi connectivity index (χ2n) is 6.11. The summed E-state index contributed by atoms with van der Waals surface area (Å²) < 4.78 is 5.87. The summed E-state index contributed by atoms with van der Waals surface area (Å²) in [6.45, 7) is 4.38. The zero-order chi connectivity index (χ0) is 18.5. The highest BCUT2D eigenvalue weighted by Crippen LogP contribution is 2.27. The summed E-state index contributed by atoms with van der Waals surface area (Å²) in [6.07, 6.45) is 1.70. The van der Waals surface area contributed by atoms with E-state index < -0.39 is 0 Å². The van der Waals surface area contributed by atoms with Crippen LogP contribution in [-0.4, -0.2) is 10.9 Å². The highest BCUT2D eigenvalue weighted by Gasteiger charge is 2.09. The van der Waals surface area contributed by atoms with Gasteiger partial charge in [0.15, 0.2) is 0 Å². The Morgan fingerprint density at radius 1 is 1.08 bits per heavy atom. The summed E-state index contributed by atoms with van der Waals surface area (Å²) in [7, 11) is 0. The Hall–Kier alpha value is -3.18. The number of hydrogen-bond acceptors (Lipinski definition) is 4. The van der Waals surface area contributed by atoms with Gasteiger partial charge in [-0.05, 0) is 54.8 Å². The first-order chi connectivity index (χ1) is 12.5. The van der Waals surface area contributed by atoms with E-state index in [4.69, 9.17) is 10.5 Å². The molecule has 0 aliphatic heterocycles. The van der Waals surface area contributed by atoms with Crippen molar-refractivity contribution >= 4 is 11.6 Å². The molecular formula is C21H21N3O2. The lowest BCUT2D eigenvalue weighted by molar-refractivity contribution is 0.102. The molecule has 1 amide bonds. The van der Waals surface area contributed by atoms with Crippen LogP contribution in [0.5, 0.6) is 11.6 Å². The second kappa shape index (κ2) is 7.80. The van der Waals surface area contributed by atoms with E-state index in [-0.39, 0.29) is 5.91 Å². The molecule has 3 rings (SSSR count). The molecule has 0 unspecified atom stereocenters. The number of carbonyl (C=O) groups is 1. The maximum Gasteiger partial charge on any atom is 0.255 e. The fourth-order valence-electron chi connectivity index (χ4n) is 2.46. The minimum absolute atomic E-state index is 0.183. The molecule has 3 N–H and O–H groups in total. The van der Waals surface area contributed by atoms with Gasteiger partial charge in [0.25, 0.3) is 5.91 Å². The highest BCUT2D eigenvalue weighted by molar-refractivity contribution is 6.04. The summed E-state index contributed by atoms with van der Waals surface area (Å²) in [5, 5.41) is 2.89. The Bertz CT molecular complexity index is 921. The maximum absolute atomic E-state index is 12.4. The Balaban J connectivity index is 1.77. The zero-order valence-corrected chi connectivity index (χ0v) is 14.8. The van der Waals surface area contributed by atoms with E-state index in [1.807, 2.05) is 50.2 Å². The molecule has 26 heavy (non-hydrogen) atoms. The summed E-state index contributed by atoms with van der Waals surface area (Å²) >= 11 is 0. The van der Waals surface area contributed by atoms with Gasteiger partial charge < -0.3 is 15.8 Å². The number of amides is 1. The van der Waals surface area contributed by atoms with Gasteiger partial charge in [-0.25, -0.2) is 4.98 Å². The number of nitrogens with one attached hydrogen (secondary N) is 1. The van der Waals surface area contributed by atoms with E-state index in [0.717, 1.165) is 16.7 Å². The van der Waals surface area contributed by atoms with Gasteiger partial charge in [0.1, 0.15) is 5.75 Å². The Morgan fingerprint density at radius 3 is 2.54 bits per heavy atom. The third-order valence-corrected chi connectivity index (χ3v) is 4.00. The summed E-state index contributed by atoms with van der Waals surface area (Å²) in [6, 6.07) is 16.5. The van der Waals surface area contributed by atoms with Gasteiger partial charge in [0.05, 0.1) is 0 Å². The standard InChI is InChI=1S/C21H21N3O2/c1-14-9-10-23-20(11-14)26-19-12-18(8-3-15(19)2)24-21(25)17-6-4-16(13-22)5-7-17/h3-12H,13,22H2,1-2H3,(H,24,25). The Morgan fingerprint density at radius 2 is 1.85 bits per heavy atom. The Kier molecular flexibility index (Phi) is 5.29. The predicted octanol–water partition coefficient (Wildman–Crippen LogP) is 4.20. The minimum atomic E-state index is -0.183. The van der Waals surface area contributed by atoms with Gasteiger partial charge >= 0.3 is 0 Å². The normalized spacial score (nSPS) is 10.4. The van der Waals surface area contributed by atoms with Crippen LogP contribution in [0.25, 0.3) is 0 Å². The number of ether oxygens (including phenoxy) is 1. The number of aromatic nitrogens is 1. The van der Waals surface area contributed by atoms with Crippen molar-refractivity contribution in [2.24, 2.45) is 5.73 Å². The fraction of sp³-hybridized carbons (Fsp3) is 0.143. The zero-order valence-electron chi connectivity index (χ0n) is 14.8. The van der Waals surface area contributed by atoms with E-state index >= 15 is 0 Å². The van der Waals surface area contributed by atoms with E-state index in [9.17, 15) is 4.79 Å². The van der Waals surface area contributed by atoms with Crippen molar-refractivity contribution in [2.75, 3.05) is 5.32 Å². The molecular weight excluding hydrogens is 326 g/mol. The van der Waals surface area contributed by atoms with Crippen molar-refractivity contribution < 1.29 is 9.53 Å². The smallest absolute Gasteiger partial charge is 0.255 e. The van der Waals surface area contributed by atoms with Crippen molar-refractivity contribution in [1.82, 2.24) is 4.98 Å². The van der Waals surface area contributed by atoms with Crippen molar-refractivity contribution in [1.29, 1.82) is 0 Å². The lowest BCUT2D eigenvalue weighted by Gasteiger charge is -2.11. The maximum atomic E-state index is 12.4. The lowest BCUT2D eigenvalue weighted by Crippen LogP contribution is -2.12. The van der Waals surface area contributed by atoms with Gasteiger partial charge in [-0.2, -0.15) is 0 Å². The Labute approximate surface area is 152 Å². The number of hydrogen-bond donors (Lipinski definition) is 2. The van der Waals surface area contributed by atoms with Crippen LogP contribution in [-0.2, 0) is 6.54 Å². The number of pyridine rings is 1. The number of aryl methyl sites for hydroxylation is 2. The molecule has 0 radical (unpaired) electrons. The van der Waals surface area contributed by atoms with Crippen molar-refractivity contribution in [3.8, 4) is 11.6 Å². The molecule has 0 bridgehead atoms. The average Bonchev–Trinajstić information content (AvgIpc) is 2.64. The fourth-order valence-corrected chi connectivity index (χ4v) is 2.46.